The van der Waals surface area contributed by atoms with Gasteiger partial charge in [-0.25, -0.2) is 0 Å². The van der Waals surface area contributed by atoms with Crippen LogP contribution in [0, 0.1) is 5.92 Å². The van der Waals surface area contributed by atoms with Crippen LogP contribution >= 0.6 is 0 Å². The molecule has 9 heteroatoms. The highest BCUT2D eigenvalue weighted by Gasteiger charge is 2.37. The predicted molar refractivity (Wildman–Crippen MR) is 113 cm³/mol. The van der Waals surface area contributed by atoms with E-state index >= 15 is 0 Å². The summed E-state index contributed by atoms with van der Waals surface area (Å²) in [6.45, 7) is 0.512. The number of esters is 1. The van der Waals surface area contributed by atoms with Gasteiger partial charge in [0.15, 0.2) is 0 Å². The fourth-order valence-corrected chi connectivity index (χ4v) is 3.81. The SMILES string of the molecule is COC(=O)CCN(Cc1ccccc1)C(=O)C1CC(=O)N(Cc2cccc(C(F)(F)F)c2)C1. The number of nitrogens with zero attached hydrogens (tertiary/aromatic N) is 2. The molecule has 0 N–H and O–H groups in total. The van der Waals surface area contributed by atoms with E-state index in [1.54, 1.807) is 0 Å². The van der Waals surface area contributed by atoms with Crippen molar-refractivity contribution in [2.75, 3.05) is 20.2 Å². The Balaban J connectivity index is 1.69. The van der Waals surface area contributed by atoms with E-state index in [0.29, 0.717) is 5.56 Å². The highest BCUT2D eigenvalue weighted by Crippen LogP contribution is 2.30. The van der Waals surface area contributed by atoms with Gasteiger partial charge in [0.25, 0.3) is 0 Å². The Morgan fingerprint density at radius 1 is 1.09 bits per heavy atom. The van der Waals surface area contributed by atoms with Crippen molar-refractivity contribution in [1.82, 2.24) is 9.80 Å². The van der Waals surface area contributed by atoms with Gasteiger partial charge in [0, 0.05) is 32.6 Å². The third-order valence-electron chi connectivity index (χ3n) is 5.53. The van der Waals surface area contributed by atoms with Gasteiger partial charge in [-0.1, -0.05) is 42.5 Å². The summed E-state index contributed by atoms with van der Waals surface area (Å²) in [7, 11) is 1.27. The number of hydrogen-bond acceptors (Lipinski definition) is 4. The lowest BCUT2D eigenvalue weighted by Crippen LogP contribution is -2.38. The van der Waals surface area contributed by atoms with Crippen molar-refractivity contribution in [2.24, 2.45) is 5.92 Å². The molecule has 0 spiro atoms. The Kier molecular flexibility index (Phi) is 7.73. The Morgan fingerprint density at radius 3 is 2.45 bits per heavy atom. The number of rotatable bonds is 8. The van der Waals surface area contributed by atoms with Crippen LogP contribution in [0.1, 0.15) is 29.5 Å². The van der Waals surface area contributed by atoms with Crippen LogP contribution < -0.4 is 0 Å². The van der Waals surface area contributed by atoms with Crippen LogP contribution in [-0.4, -0.2) is 47.8 Å². The summed E-state index contributed by atoms with van der Waals surface area (Å²) in [5.74, 6) is -1.65. The van der Waals surface area contributed by atoms with Crippen LogP contribution in [0.2, 0.25) is 0 Å². The van der Waals surface area contributed by atoms with Crippen LogP contribution in [0.25, 0.3) is 0 Å². The largest absolute Gasteiger partial charge is 0.469 e. The number of hydrogen-bond donors (Lipinski definition) is 0. The summed E-state index contributed by atoms with van der Waals surface area (Å²) in [5, 5.41) is 0. The molecule has 33 heavy (non-hydrogen) atoms. The summed E-state index contributed by atoms with van der Waals surface area (Å²) in [4.78, 5) is 40.3. The van der Waals surface area contributed by atoms with E-state index < -0.39 is 23.6 Å². The Labute approximate surface area is 189 Å². The van der Waals surface area contributed by atoms with E-state index in [0.717, 1.165) is 17.7 Å². The molecule has 2 amide bonds. The highest BCUT2D eigenvalue weighted by atomic mass is 19.4. The van der Waals surface area contributed by atoms with Crippen LogP contribution in [0.4, 0.5) is 13.2 Å². The van der Waals surface area contributed by atoms with Crippen molar-refractivity contribution in [1.29, 1.82) is 0 Å². The molecular formula is C24H25F3N2O4. The van der Waals surface area contributed by atoms with Gasteiger partial charge < -0.3 is 14.5 Å². The zero-order valence-electron chi connectivity index (χ0n) is 18.2. The van der Waals surface area contributed by atoms with Crippen molar-refractivity contribution >= 4 is 17.8 Å². The fraction of sp³-hybridized carbons (Fsp3) is 0.375. The molecule has 1 aliphatic heterocycles. The van der Waals surface area contributed by atoms with Crippen molar-refractivity contribution in [3.63, 3.8) is 0 Å². The zero-order chi connectivity index (χ0) is 24.0. The number of benzene rings is 2. The van der Waals surface area contributed by atoms with Gasteiger partial charge in [0.2, 0.25) is 11.8 Å². The second kappa shape index (κ2) is 10.5. The summed E-state index contributed by atoms with van der Waals surface area (Å²) < 4.78 is 43.6. The van der Waals surface area contributed by atoms with Crippen molar-refractivity contribution in [3.05, 3.63) is 71.3 Å². The summed E-state index contributed by atoms with van der Waals surface area (Å²) in [6.07, 6.45) is -4.48. The molecule has 0 aliphatic carbocycles. The first kappa shape index (κ1) is 24.3. The van der Waals surface area contributed by atoms with Crippen molar-refractivity contribution in [2.45, 2.75) is 32.1 Å². The van der Waals surface area contributed by atoms with Crippen LogP contribution in [0.3, 0.4) is 0 Å². The number of carbonyl (C=O) groups is 3. The Morgan fingerprint density at radius 2 is 1.79 bits per heavy atom. The summed E-state index contributed by atoms with van der Waals surface area (Å²) in [6, 6.07) is 14.1. The number of likely N-dealkylation sites (tertiary alicyclic amines) is 1. The maximum absolute atomic E-state index is 13.2. The van der Waals surface area contributed by atoms with E-state index in [1.165, 1.54) is 29.0 Å². The first-order valence-corrected chi connectivity index (χ1v) is 10.5. The first-order chi connectivity index (χ1) is 15.7. The van der Waals surface area contributed by atoms with Gasteiger partial charge in [-0.2, -0.15) is 13.2 Å². The zero-order valence-corrected chi connectivity index (χ0v) is 18.2. The number of halogens is 3. The third-order valence-corrected chi connectivity index (χ3v) is 5.53. The predicted octanol–water partition coefficient (Wildman–Crippen LogP) is 3.65. The van der Waals surface area contributed by atoms with Gasteiger partial charge in [0.05, 0.1) is 25.0 Å². The average Bonchev–Trinajstić information content (AvgIpc) is 3.16. The molecule has 1 atom stereocenters. The monoisotopic (exact) mass is 462 g/mol. The van der Waals surface area contributed by atoms with Crippen LogP contribution in [-0.2, 0) is 38.4 Å². The molecule has 1 saturated heterocycles. The molecule has 0 aromatic heterocycles. The second-order valence-corrected chi connectivity index (χ2v) is 7.94. The molecular weight excluding hydrogens is 437 g/mol. The van der Waals surface area contributed by atoms with E-state index in [1.807, 2.05) is 30.3 Å². The van der Waals surface area contributed by atoms with E-state index in [9.17, 15) is 27.6 Å². The molecule has 176 valence electrons. The lowest BCUT2D eigenvalue weighted by molar-refractivity contribution is -0.143. The number of amides is 2. The third kappa shape index (κ3) is 6.57. The highest BCUT2D eigenvalue weighted by molar-refractivity contribution is 5.89. The lowest BCUT2D eigenvalue weighted by atomic mass is 10.1. The van der Waals surface area contributed by atoms with E-state index in [2.05, 4.69) is 4.74 Å². The van der Waals surface area contributed by atoms with Crippen molar-refractivity contribution < 1.29 is 32.3 Å². The minimum Gasteiger partial charge on any atom is -0.469 e. The number of methoxy groups -OCH3 is 1. The first-order valence-electron chi connectivity index (χ1n) is 10.5. The fourth-order valence-electron chi connectivity index (χ4n) is 3.81. The normalized spacial score (nSPS) is 16.1. The molecule has 1 unspecified atom stereocenters. The molecule has 0 bridgehead atoms. The molecule has 0 radical (unpaired) electrons. The minimum atomic E-state index is -4.47. The average molecular weight is 462 g/mol. The summed E-state index contributed by atoms with van der Waals surface area (Å²) >= 11 is 0. The van der Waals surface area contributed by atoms with E-state index in [4.69, 9.17) is 0 Å². The maximum atomic E-state index is 13.2. The summed E-state index contributed by atoms with van der Waals surface area (Å²) in [5.41, 5.74) is 0.440. The van der Waals surface area contributed by atoms with Crippen LogP contribution in [0.15, 0.2) is 54.6 Å². The number of carbonyl (C=O) groups excluding carboxylic acids is 3. The standard InChI is InChI=1S/C24H25F3N2O4/c1-33-22(31)10-11-28(14-17-6-3-2-4-7-17)23(32)19-13-21(30)29(16-19)15-18-8-5-9-20(12-18)24(25,26)27/h2-9,12,19H,10-11,13-16H2,1H3. The molecule has 1 heterocycles. The molecule has 3 rings (SSSR count). The van der Waals surface area contributed by atoms with Gasteiger partial charge in [-0.15, -0.1) is 0 Å². The quantitative estimate of drug-likeness (QED) is 0.562. The smallest absolute Gasteiger partial charge is 0.416 e. The lowest BCUT2D eigenvalue weighted by Gasteiger charge is -2.25. The molecule has 1 fully saturated rings. The van der Waals surface area contributed by atoms with Gasteiger partial charge in [-0.05, 0) is 23.3 Å². The number of alkyl halides is 3. The minimum absolute atomic E-state index is 0.00657. The second-order valence-electron chi connectivity index (χ2n) is 7.94. The molecule has 0 saturated carbocycles. The Hall–Kier alpha value is -3.36. The van der Waals surface area contributed by atoms with Crippen LogP contribution in [0.5, 0.6) is 0 Å². The Bertz CT molecular complexity index is 995. The maximum Gasteiger partial charge on any atom is 0.416 e. The van der Waals surface area contributed by atoms with Crippen molar-refractivity contribution in [3.8, 4) is 0 Å². The molecule has 2 aromatic carbocycles. The molecule has 6 nitrogen and oxygen atoms in total. The topological polar surface area (TPSA) is 66.9 Å². The molecule has 2 aromatic rings. The van der Waals surface area contributed by atoms with E-state index in [-0.39, 0.29) is 50.8 Å². The number of ether oxygens (including phenoxy) is 1. The molecule has 1 aliphatic rings. The van der Waals surface area contributed by atoms with Gasteiger partial charge >= 0.3 is 12.1 Å². The van der Waals surface area contributed by atoms with Gasteiger partial charge in [-0.3, -0.25) is 14.4 Å². The van der Waals surface area contributed by atoms with Gasteiger partial charge in [0.1, 0.15) is 0 Å².